The van der Waals surface area contributed by atoms with Crippen molar-refractivity contribution in [2.24, 2.45) is 0 Å². The van der Waals surface area contributed by atoms with E-state index in [0.717, 1.165) is 22.3 Å². The van der Waals surface area contributed by atoms with Crippen LogP contribution in [0.2, 0.25) is 5.02 Å². The van der Waals surface area contributed by atoms with Gasteiger partial charge in [0.2, 0.25) is 11.7 Å². The SMILES string of the molecule is Cc1cccc(-c2noc(CN(C)C(=O)C(C)Oc3cc(C)c(Cl)c(C)c3)n2)c1. The number of hydrogen-bond acceptors (Lipinski definition) is 5. The van der Waals surface area contributed by atoms with Crippen LogP contribution in [0, 0.1) is 20.8 Å². The van der Waals surface area contributed by atoms with Gasteiger partial charge in [-0.2, -0.15) is 4.98 Å². The monoisotopic (exact) mass is 413 g/mol. The van der Waals surface area contributed by atoms with Gasteiger partial charge >= 0.3 is 0 Å². The summed E-state index contributed by atoms with van der Waals surface area (Å²) in [5, 5.41) is 4.72. The van der Waals surface area contributed by atoms with Gasteiger partial charge in [-0.1, -0.05) is 40.5 Å². The molecule has 152 valence electrons. The van der Waals surface area contributed by atoms with Crippen molar-refractivity contribution < 1.29 is 14.1 Å². The van der Waals surface area contributed by atoms with E-state index in [9.17, 15) is 4.79 Å². The Labute approximate surface area is 175 Å². The molecular formula is C22H24ClN3O3. The Kier molecular flexibility index (Phi) is 6.23. The van der Waals surface area contributed by atoms with Crippen LogP contribution in [0.5, 0.6) is 5.75 Å². The molecule has 0 aliphatic carbocycles. The highest BCUT2D eigenvalue weighted by molar-refractivity contribution is 6.32. The zero-order valence-corrected chi connectivity index (χ0v) is 17.9. The molecule has 6 nitrogen and oxygen atoms in total. The predicted molar refractivity (Wildman–Crippen MR) is 112 cm³/mol. The number of carbonyl (C=O) groups is 1. The molecule has 0 saturated heterocycles. The molecule has 1 atom stereocenters. The summed E-state index contributed by atoms with van der Waals surface area (Å²) in [6.45, 7) is 7.72. The highest BCUT2D eigenvalue weighted by atomic mass is 35.5. The number of hydrogen-bond donors (Lipinski definition) is 0. The third-order valence-corrected chi connectivity index (χ3v) is 5.16. The Hall–Kier alpha value is -2.86. The summed E-state index contributed by atoms with van der Waals surface area (Å²) in [5.41, 5.74) is 3.80. The van der Waals surface area contributed by atoms with Crippen LogP contribution in [0.4, 0.5) is 0 Å². The predicted octanol–water partition coefficient (Wildman–Crippen LogP) is 4.74. The second kappa shape index (κ2) is 8.66. The van der Waals surface area contributed by atoms with Gasteiger partial charge in [-0.25, -0.2) is 0 Å². The minimum Gasteiger partial charge on any atom is -0.481 e. The summed E-state index contributed by atoms with van der Waals surface area (Å²) in [5.74, 6) is 1.28. The molecule has 1 amide bonds. The van der Waals surface area contributed by atoms with Gasteiger partial charge in [0.15, 0.2) is 6.10 Å². The van der Waals surface area contributed by atoms with Crippen LogP contribution in [0.15, 0.2) is 40.9 Å². The van der Waals surface area contributed by atoms with Crippen LogP contribution < -0.4 is 4.74 Å². The first-order valence-corrected chi connectivity index (χ1v) is 9.70. The van der Waals surface area contributed by atoms with Crippen molar-refractivity contribution in [3.63, 3.8) is 0 Å². The van der Waals surface area contributed by atoms with Crippen molar-refractivity contribution in [2.45, 2.75) is 40.3 Å². The number of aromatic nitrogens is 2. The second-order valence-corrected chi connectivity index (χ2v) is 7.58. The first-order chi connectivity index (χ1) is 13.7. The number of aryl methyl sites for hydroxylation is 3. The highest BCUT2D eigenvalue weighted by Gasteiger charge is 2.22. The maximum atomic E-state index is 12.7. The molecule has 3 aromatic rings. The Morgan fingerprint density at radius 3 is 2.55 bits per heavy atom. The Morgan fingerprint density at radius 2 is 1.90 bits per heavy atom. The van der Waals surface area contributed by atoms with E-state index in [1.54, 1.807) is 14.0 Å². The Balaban J connectivity index is 1.64. The van der Waals surface area contributed by atoms with Crippen LogP contribution in [0.3, 0.4) is 0 Å². The molecule has 0 aliphatic rings. The molecule has 0 bridgehead atoms. The third-order valence-electron chi connectivity index (χ3n) is 4.56. The average Bonchev–Trinajstić information content (AvgIpc) is 3.13. The van der Waals surface area contributed by atoms with E-state index < -0.39 is 6.10 Å². The summed E-state index contributed by atoms with van der Waals surface area (Å²) >= 11 is 6.19. The van der Waals surface area contributed by atoms with Crippen molar-refractivity contribution in [1.29, 1.82) is 0 Å². The van der Waals surface area contributed by atoms with Gasteiger partial charge in [0.1, 0.15) is 5.75 Å². The number of rotatable bonds is 6. The summed E-state index contributed by atoms with van der Waals surface area (Å²) in [6, 6.07) is 11.5. The highest BCUT2D eigenvalue weighted by Crippen LogP contribution is 2.26. The van der Waals surface area contributed by atoms with E-state index in [0.29, 0.717) is 22.5 Å². The molecule has 0 fully saturated rings. The van der Waals surface area contributed by atoms with Gasteiger partial charge in [0.05, 0.1) is 6.54 Å². The largest absolute Gasteiger partial charge is 0.481 e. The first kappa shape index (κ1) is 20.9. The number of benzene rings is 2. The van der Waals surface area contributed by atoms with Crippen LogP contribution in [0.25, 0.3) is 11.4 Å². The molecule has 0 spiro atoms. The van der Waals surface area contributed by atoms with Gasteiger partial charge < -0.3 is 14.2 Å². The number of nitrogens with zero attached hydrogens (tertiary/aromatic N) is 3. The Bertz CT molecular complexity index is 1010. The maximum absolute atomic E-state index is 12.7. The molecule has 0 saturated carbocycles. The molecule has 0 N–H and O–H groups in total. The lowest BCUT2D eigenvalue weighted by molar-refractivity contribution is -0.137. The van der Waals surface area contributed by atoms with E-state index in [1.165, 1.54) is 4.90 Å². The molecule has 1 aromatic heterocycles. The molecule has 7 heteroatoms. The van der Waals surface area contributed by atoms with E-state index in [4.69, 9.17) is 20.9 Å². The number of halogens is 1. The van der Waals surface area contributed by atoms with Crippen molar-refractivity contribution >= 4 is 17.5 Å². The fourth-order valence-corrected chi connectivity index (χ4v) is 3.15. The van der Waals surface area contributed by atoms with Crippen molar-refractivity contribution in [1.82, 2.24) is 15.0 Å². The average molecular weight is 414 g/mol. The van der Waals surface area contributed by atoms with Crippen LogP contribution >= 0.6 is 11.6 Å². The number of carbonyl (C=O) groups excluding carboxylic acids is 1. The second-order valence-electron chi connectivity index (χ2n) is 7.21. The minimum atomic E-state index is -0.667. The van der Waals surface area contributed by atoms with Gasteiger partial charge in [0, 0.05) is 17.6 Å². The van der Waals surface area contributed by atoms with E-state index in [-0.39, 0.29) is 12.5 Å². The van der Waals surface area contributed by atoms with E-state index >= 15 is 0 Å². The van der Waals surface area contributed by atoms with Crippen LogP contribution in [-0.2, 0) is 11.3 Å². The molecule has 3 rings (SSSR count). The van der Waals surface area contributed by atoms with Gasteiger partial charge in [-0.15, -0.1) is 0 Å². The van der Waals surface area contributed by atoms with Crippen molar-refractivity contribution in [3.05, 3.63) is 64.0 Å². The fraction of sp³-hybridized carbons (Fsp3) is 0.318. The third kappa shape index (κ3) is 4.95. The molecule has 0 radical (unpaired) electrons. The fourth-order valence-electron chi connectivity index (χ4n) is 3.04. The summed E-state index contributed by atoms with van der Waals surface area (Å²) < 4.78 is 11.1. The van der Waals surface area contributed by atoms with Gasteiger partial charge in [-0.05, 0) is 57.0 Å². The van der Waals surface area contributed by atoms with E-state index in [2.05, 4.69) is 10.1 Å². The first-order valence-electron chi connectivity index (χ1n) is 9.32. The lowest BCUT2D eigenvalue weighted by Gasteiger charge is -2.21. The van der Waals surface area contributed by atoms with Crippen molar-refractivity contribution in [3.8, 4) is 17.1 Å². The molecule has 1 unspecified atom stereocenters. The smallest absolute Gasteiger partial charge is 0.263 e. The molecule has 1 heterocycles. The number of amides is 1. The summed E-state index contributed by atoms with van der Waals surface area (Å²) in [4.78, 5) is 18.6. The lowest BCUT2D eigenvalue weighted by atomic mass is 10.1. The zero-order chi connectivity index (χ0) is 21.1. The normalized spacial score (nSPS) is 11.9. The molecule has 0 aliphatic heterocycles. The summed E-state index contributed by atoms with van der Waals surface area (Å²) in [6.07, 6.45) is -0.667. The zero-order valence-electron chi connectivity index (χ0n) is 17.2. The van der Waals surface area contributed by atoms with Gasteiger partial charge in [-0.3, -0.25) is 4.79 Å². The van der Waals surface area contributed by atoms with E-state index in [1.807, 2.05) is 57.2 Å². The molecule has 2 aromatic carbocycles. The number of likely N-dealkylation sites (N-methyl/N-ethyl adjacent to an activating group) is 1. The topological polar surface area (TPSA) is 68.5 Å². The minimum absolute atomic E-state index is 0.189. The quantitative estimate of drug-likeness (QED) is 0.583. The van der Waals surface area contributed by atoms with Crippen LogP contribution in [-0.4, -0.2) is 34.1 Å². The Morgan fingerprint density at radius 1 is 1.21 bits per heavy atom. The maximum Gasteiger partial charge on any atom is 0.263 e. The van der Waals surface area contributed by atoms with Crippen molar-refractivity contribution in [2.75, 3.05) is 7.05 Å². The standard InChI is InChI=1S/C22H24ClN3O3/c1-13-7-6-8-17(9-13)21-24-19(29-25-21)12-26(5)22(27)16(4)28-18-10-14(2)20(23)15(3)11-18/h6-11,16H,12H2,1-5H3. The molecule has 29 heavy (non-hydrogen) atoms. The van der Waals surface area contributed by atoms with Gasteiger partial charge in [0.25, 0.3) is 5.91 Å². The van der Waals surface area contributed by atoms with Crippen LogP contribution in [0.1, 0.15) is 29.5 Å². The lowest BCUT2D eigenvalue weighted by Crippen LogP contribution is -2.37. The number of ether oxygens (including phenoxy) is 1. The molecular weight excluding hydrogens is 390 g/mol. The summed E-state index contributed by atoms with van der Waals surface area (Å²) in [7, 11) is 1.68.